The van der Waals surface area contributed by atoms with Crippen LogP contribution in [0.4, 0.5) is 0 Å². The molecule has 3 nitrogen and oxygen atoms in total. The Kier molecular flexibility index (Phi) is 3.87. The van der Waals surface area contributed by atoms with Gasteiger partial charge in [-0.2, -0.15) is 5.10 Å². The number of nitrogens with zero attached hydrogens (tertiary/aromatic N) is 3. The minimum Gasteiger partial charge on any atom is -0.298 e. The van der Waals surface area contributed by atoms with Crippen LogP contribution in [0.5, 0.6) is 0 Å². The van der Waals surface area contributed by atoms with Crippen LogP contribution in [0.1, 0.15) is 38.1 Å². The molecular formula is C14H25N3. The molecule has 0 saturated carbocycles. The van der Waals surface area contributed by atoms with Crippen LogP contribution in [0.15, 0.2) is 6.07 Å². The number of rotatable bonds is 3. The minimum atomic E-state index is 0.844. The van der Waals surface area contributed by atoms with Crippen LogP contribution in [0.2, 0.25) is 0 Å². The van der Waals surface area contributed by atoms with E-state index in [9.17, 15) is 0 Å². The molecule has 3 heteroatoms. The van der Waals surface area contributed by atoms with Gasteiger partial charge < -0.3 is 0 Å². The third-order valence-electron chi connectivity index (χ3n) is 4.06. The maximum atomic E-state index is 4.41. The van der Waals surface area contributed by atoms with Crippen molar-refractivity contribution >= 4 is 0 Å². The number of hydrogen-bond acceptors (Lipinski definition) is 2. The van der Waals surface area contributed by atoms with Crippen molar-refractivity contribution in [2.45, 2.75) is 40.2 Å². The van der Waals surface area contributed by atoms with Crippen molar-refractivity contribution in [3.63, 3.8) is 0 Å². The molecule has 17 heavy (non-hydrogen) atoms. The molecule has 0 bridgehead atoms. The quantitative estimate of drug-likeness (QED) is 0.803. The zero-order chi connectivity index (χ0) is 12.4. The van der Waals surface area contributed by atoms with Gasteiger partial charge in [-0.3, -0.25) is 9.58 Å². The molecule has 0 amide bonds. The summed E-state index contributed by atoms with van der Waals surface area (Å²) in [6, 6.07) is 2.20. The Hall–Kier alpha value is -0.830. The zero-order valence-electron chi connectivity index (χ0n) is 11.6. The number of aryl methyl sites for hydroxylation is 2. The summed E-state index contributed by atoms with van der Waals surface area (Å²) in [6.45, 7) is 10.3. The van der Waals surface area contributed by atoms with Crippen LogP contribution in [-0.4, -0.2) is 27.8 Å². The van der Waals surface area contributed by atoms with Crippen LogP contribution in [-0.2, 0) is 13.6 Å². The predicted molar refractivity (Wildman–Crippen MR) is 70.8 cm³/mol. The van der Waals surface area contributed by atoms with E-state index >= 15 is 0 Å². The van der Waals surface area contributed by atoms with Crippen molar-refractivity contribution < 1.29 is 0 Å². The summed E-state index contributed by atoms with van der Waals surface area (Å²) in [5, 5.41) is 4.41. The molecule has 2 rings (SSSR count). The Morgan fingerprint density at radius 1 is 1.35 bits per heavy atom. The van der Waals surface area contributed by atoms with E-state index in [0.717, 1.165) is 24.1 Å². The lowest BCUT2D eigenvalue weighted by Gasteiger charge is -2.33. The van der Waals surface area contributed by atoms with Crippen LogP contribution >= 0.6 is 0 Å². The summed E-state index contributed by atoms with van der Waals surface area (Å²) in [6.07, 6.45) is 2.71. The lowest BCUT2D eigenvalue weighted by molar-refractivity contribution is 0.149. The maximum Gasteiger partial charge on any atom is 0.0597 e. The lowest BCUT2D eigenvalue weighted by atomic mass is 9.87. The van der Waals surface area contributed by atoms with E-state index in [1.807, 2.05) is 11.7 Å². The van der Waals surface area contributed by atoms with Crippen LogP contribution < -0.4 is 0 Å². The van der Waals surface area contributed by atoms with Crippen LogP contribution in [0, 0.1) is 18.8 Å². The number of likely N-dealkylation sites (tertiary alicyclic amines) is 1. The molecule has 2 heterocycles. The first kappa shape index (κ1) is 12.6. The lowest BCUT2D eigenvalue weighted by Crippen LogP contribution is -2.35. The fourth-order valence-electron chi connectivity index (χ4n) is 2.82. The van der Waals surface area contributed by atoms with Crippen molar-refractivity contribution in [2.75, 3.05) is 13.1 Å². The van der Waals surface area contributed by atoms with E-state index in [1.165, 1.54) is 31.6 Å². The number of hydrogen-bond donors (Lipinski definition) is 0. The first-order valence-corrected chi connectivity index (χ1v) is 6.78. The molecule has 1 aromatic heterocycles. The molecule has 1 aromatic rings. The zero-order valence-corrected chi connectivity index (χ0v) is 11.6. The summed E-state index contributed by atoms with van der Waals surface area (Å²) in [5.74, 6) is 1.77. The molecule has 0 radical (unpaired) electrons. The van der Waals surface area contributed by atoms with Crippen molar-refractivity contribution in [2.24, 2.45) is 18.9 Å². The van der Waals surface area contributed by atoms with E-state index in [2.05, 4.69) is 36.8 Å². The standard InChI is InChI=1S/C14H25N3/c1-11(2)13-5-7-17(8-6-13)10-14-9-12(3)15-16(14)4/h9,11,13H,5-8,10H2,1-4H3. The summed E-state index contributed by atoms with van der Waals surface area (Å²) in [5.41, 5.74) is 2.46. The predicted octanol–water partition coefficient (Wildman–Crippen LogP) is 2.60. The topological polar surface area (TPSA) is 21.1 Å². The highest BCUT2D eigenvalue weighted by Crippen LogP contribution is 2.25. The number of aromatic nitrogens is 2. The van der Waals surface area contributed by atoms with Gasteiger partial charge in [-0.1, -0.05) is 13.8 Å². The van der Waals surface area contributed by atoms with Gasteiger partial charge in [0.05, 0.1) is 11.4 Å². The van der Waals surface area contributed by atoms with Crippen LogP contribution in [0.25, 0.3) is 0 Å². The fraction of sp³-hybridized carbons (Fsp3) is 0.786. The molecule has 1 fully saturated rings. The molecule has 1 saturated heterocycles. The minimum absolute atomic E-state index is 0.844. The molecule has 0 aliphatic carbocycles. The van der Waals surface area contributed by atoms with E-state index in [1.54, 1.807) is 0 Å². The van der Waals surface area contributed by atoms with E-state index < -0.39 is 0 Å². The van der Waals surface area contributed by atoms with Crippen molar-refractivity contribution in [1.82, 2.24) is 14.7 Å². The Bertz CT molecular complexity index is 360. The van der Waals surface area contributed by atoms with Gasteiger partial charge in [-0.05, 0) is 50.8 Å². The molecule has 96 valence electrons. The number of piperidine rings is 1. The van der Waals surface area contributed by atoms with Gasteiger partial charge in [0.15, 0.2) is 0 Å². The summed E-state index contributed by atoms with van der Waals surface area (Å²) >= 11 is 0. The fourth-order valence-corrected chi connectivity index (χ4v) is 2.82. The Balaban J connectivity index is 1.88. The first-order valence-electron chi connectivity index (χ1n) is 6.78. The maximum absolute atomic E-state index is 4.41. The molecule has 1 aliphatic heterocycles. The highest BCUT2D eigenvalue weighted by Gasteiger charge is 2.22. The third-order valence-corrected chi connectivity index (χ3v) is 4.06. The molecule has 1 aliphatic rings. The van der Waals surface area contributed by atoms with Crippen molar-refractivity contribution in [1.29, 1.82) is 0 Å². The molecular weight excluding hydrogens is 210 g/mol. The molecule has 0 atom stereocenters. The Morgan fingerprint density at radius 2 is 2.00 bits per heavy atom. The summed E-state index contributed by atoms with van der Waals surface area (Å²) in [7, 11) is 2.04. The Labute approximate surface area is 105 Å². The first-order chi connectivity index (χ1) is 8.06. The van der Waals surface area contributed by atoms with Gasteiger partial charge in [0.25, 0.3) is 0 Å². The Morgan fingerprint density at radius 3 is 2.47 bits per heavy atom. The smallest absolute Gasteiger partial charge is 0.0597 e. The van der Waals surface area contributed by atoms with Crippen LogP contribution in [0.3, 0.4) is 0 Å². The SMILES string of the molecule is Cc1cc(CN2CCC(C(C)C)CC2)n(C)n1. The average Bonchev–Trinajstić information content (AvgIpc) is 2.58. The molecule has 0 aromatic carbocycles. The molecule has 0 N–H and O–H groups in total. The van der Waals surface area contributed by atoms with E-state index in [-0.39, 0.29) is 0 Å². The largest absolute Gasteiger partial charge is 0.298 e. The van der Waals surface area contributed by atoms with Gasteiger partial charge in [-0.25, -0.2) is 0 Å². The second kappa shape index (κ2) is 5.21. The van der Waals surface area contributed by atoms with E-state index in [4.69, 9.17) is 0 Å². The average molecular weight is 235 g/mol. The van der Waals surface area contributed by atoms with Gasteiger partial charge in [0, 0.05) is 13.6 Å². The molecule has 0 spiro atoms. The summed E-state index contributed by atoms with van der Waals surface area (Å²) < 4.78 is 2.02. The normalized spacial score (nSPS) is 19.1. The van der Waals surface area contributed by atoms with Gasteiger partial charge >= 0.3 is 0 Å². The van der Waals surface area contributed by atoms with Gasteiger partial charge in [0.2, 0.25) is 0 Å². The molecule has 0 unspecified atom stereocenters. The van der Waals surface area contributed by atoms with Crippen molar-refractivity contribution in [3.05, 3.63) is 17.5 Å². The highest BCUT2D eigenvalue weighted by atomic mass is 15.3. The van der Waals surface area contributed by atoms with E-state index in [0.29, 0.717) is 0 Å². The highest BCUT2D eigenvalue weighted by molar-refractivity contribution is 5.08. The second-order valence-corrected chi connectivity index (χ2v) is 5.76. The van der Waals surface area contributed by atoms with Gasteiger partial charge in [-0.15, -0.1) is 0 Å². The second-order valence-electron chi connectivity index (χ2n) is 5.76. The van der Waals surface area contributed by atoms with Crippen molar-refractivity contribution in [3.8, 4) is 0 Å². The summed E-state index contributed by atoms with van der Waals surface area (Å²) in [4.78, 5) is 2.56. The third kappa shape index (κ3) is 3.09. The monoisotopic (exact) mass is 235 g/mol. The van der Waals surface area contributed by atoms with Gasteiger partial charge in [0.1, 0.15) is 0 Å².